The van der Waals surface area contributed by atoms with E-state index in [1.54, 1.807) is 20.2 Å². The van der Waals surface area contributed by atoms with Crippen LogP contribution in [0.3, 0.4) is 0 Å². The van der Waals surface area contributed by atoms with Gasteiger partial charge in [-0.1, -0.05) is 6.92 Å². The number of nitriles is 1. The monoisotopic (exact) mass is 249 g/mol. The lowest BCUT2D eigenvalue weighted by molar-refractivity contribution is 0.0824. The fraction of sp³-hybridized carbons (Fsp3) is 0.417. The second kappa shape index (κ2) is 6.26. The molecule has 1 heterocycles. The van der Waals surface area contributed by atoms with Gasteiger partial charge in [0, 0.05) is 20.3 Å². The molecule has 0 aliphatic carbocycles. The van der Waals surface area contributed by atoms with Crippen LogP contribution in [0.5, 0.6) is 0 Å². The van der Waals surface area contributed by atoms with Gasteiger partial charge in [-0.15, -0.1) is 11.8 Å². The summed E-state index contributed by atoms with van der Waals surface area (Å²) in [6.07, 6.45) is 2.49. The summed E-state index contributed by atoms with van der Waals surface area (Å²) in [5.41, 5.74) is 0.885. The van der Waals surface area contributed by atoms with Crippen LogP contribution in [0.1, 0.15) is 29.4 Å². The molecule has 0 atom stereocenters. The Labute approximate surface area is 106 Å². The Kier molecular flexibility index (Phi) is 4.98. The molecule has 0 fully saturated rings. The normalized spacial score (nSPS) is 9.76. The van der Waals surface area contributed by atoms with Gasteiger partial charge < -0.3 is 4.90 Å². The number of carbonyl (C=O) groups is 1. The van der Waals surface area contributed by atoms with Gasteiger partial charge in [-0.25, -0.2) is 4.98 Å². The molecule has 0 saturated heterocycles. The van der Waals surface area contributed by atoms with Crippen LogP contribution in [-0.2, 0) is 0 Å². The Morgan fingerprint density at radius 2 is 2.29 bits per heavy atom. The van der Waals surface area contributed by atoms with Crippen LogP contribution in [0, 0.1) is 11.3 Å². The van der Waals surface area contributed by atoms with Gasteiger partial charge >= 0.3 is 0 Å². The summed E-state index contributed by atoms with van der Waals surface area (Å²) in [7, 11) is 3.39. The molecule has 0 spiro atoms. The van der Waals surface area contributed by atoms with Gasteiger partial charge in [0.2, 0.25) is 0 Å². The number of nitrogens with zero attached hydrogens (tertiary/aromatic N) is 3. The molecule has 0 aliphatic rings. The van der Waals surface area contributed by atoms with Gasteiger partial charge in [-0.2, -0.15) is 5.26 Å². The zero-order valence-corrected chi connectivity index (χ0v) is 11.0. The highest BCUT2D eigenvalue weighted by Gasteiger charge is 2.17. The first kappa shape index (κ1) is 13.5. The fourth-order valence-corrected chi connectivity index (χ4v) is 2.24. The number of hydrogen-bond acceptors (Lipinski definition) is 4. The molecular formula is C12H15N3OS. The molecule has 0 aliphatic heterocycles. The minimum absolute atomic E-state index is 0.0949. The van der Waals surface area contributed by atoms with Crippen molar-refractivity contribution >= 4 is 17.7 Å². The van der Waals surface area contributed by atoms with E-state index in [-0.39, 0.29) is 5.91 Å². The first-order valence-corrected chi connectivity index (χ1v) is 6.34. The molecule has 90 valence electrons. The minimum atomic E-state index is -0.0949. The molecule has 0 bridgehead atoms. The summed E-state index contributed by atoms with van der Waals surface area (Å²) in [5.74, 6) is 0.774. The highest BCUT2D eigenvalue weighted by molar-refractivity contribution is 7.99. The van der Waals surface area contributed by atoms with E-state index in [0.717, 1.165) is 12.2 Å². The van der Waals surface area contributed by atoms with E-state index in [0.29, 0.717) is 16.2 Å². The van der Waals surface area contributed by atoms with Gasteiger partial charge in [0.15, 0.2) is 5.69 Å². The maximum atomic E-state index is 12.0. The number of pyridine rings is 1. The van der Waals surface area contributed by atoms with Crippen molar-refractivity contribution < 1.29 is 4.79 Å². The largest absolute Gasteiger partial charge is 0.345 e. The summed E-state index contributed by atoms with van der Waals surface area (Å²) in [4.78, 5) is 18.2. The zero-order valence-electron chi connectivity index (χ0n) is 10.2. The smallest absolute Gasteiger partial charge is 0.254 e. The molecule has 17 heavy (non-hydrogen) atoms. The van der Waals surface area contributed by atoms with Gasteiger partial charge in [0.25, 0.3) is 5.91 Å². The molecule has 5 heteroatoms. The van der Waals surface area contributed by atoms with E-state index < -0.39 is 0 Å². The molecule has 0 N–H and O–H groups in total. The van der Waals surface area contributed by atoms with Crippen molar-refractivity contribution in [3.05, 3.63) is 23.5 Å². The van der Waals surface area contributed by atoms with Crippen LogP contribution in [0.2, 0.25) is 0 Å². The summed E-state index contributed by atoms with van der Waals surface area (Å²) >= 11 is 1.51. The Morgan fingerprint density at radius 1 is 1.59 bits per heavy atom. The highest BCUT2D eigenvalue weighted by Crippen LogP contribution is 2.26. The highest BCUT2D eigenvalue weighted by atomic mass is 32.2. The average molecular weight is 249 g/mol. The third-order valence-corrected chi connectivity index (χ3v) is 3.41. The fourth-order valence-electron chi connectivity index (χ4n) is 1.29. The van der Waals surface area contributed by atoms with Crippen molar-refractivity contribution in [2.24, 2.45) is 0 Å². The van der Waals surface area contributed by atoms with Crippen molar-refractivity contribution in [2.45, 2.75) is 18.2 Å². The van der Waals surface area contributed by atoms with Gasteiger partial charge in [0.1, 0.15) is 6.07 Å². The summed E-state index contributed by atoms with van der Waals surface area (Å²) in [6.45, 7) is 2.06. The van der Waals surface area contributed by atoms with E-state index in [9.17, 15) is 4.79 Å². The molecule has 0 unspecified atom stereocenters. The zero-order chi connectivity index (χ0) is 12.8. The molecule has 1 aromatic heterocycles. The molecule has 0 aromatic carbocycles. The van der Waals surface area contributed by atoms with E-state index in [4.69, 9.17) is 5.26 Å². The first-order chi connectivity index (χ1) is 8.11. The second-order valence-electron chi connectivity index (χ2n) is 3.70. The number of rotatable bonds is 4. The Balaban J connectivity index is 3.20. The molecule has 0 saturated carbocycles. The average Bonchev–Trinajstić information content (AvgIpc) is 2.34. The summed E-state index contributed by atoms with van der Waals surface area (Å²) < 4.78 is 0. The standard InChI is InChI=1S/C12H15N3OS/c1-4-7-17-11-9(12(16)15(2)3)5-6-14-10(11)8-13/h5-6H,4,7H2,1-3H3. The van der Waals surface area contributed by atoms with E-state index in [1.807, 2.05) is 6.07 Å². The topological polar surface area (TPSA) is 57.0 Å². The molecule has 4 nitrogen and oxygen atoms in total. The van der Waals surface area contributed by atoms with Crippen LogP contribution in [-0.4, -0.2) is 35.6 Å². The Bertz CT molecular complexity index is 452. The lowest BCUT2D eigenvalue weighted by Crippen LogP contribution is -2.22. The molecule has 0 radical (unpaired) electrons. The van der Waals surface area contributed by atoms with Crippen molar-refractivity contribution in [1.29, 1.82) is 5.26 Å². The number of aromatic nitrogens is 1. The lowest BCUT2D eigenvalue weighted by Gasteiger charge is -2.14. The van der Waals surface area contributed by atoms with Crippen molar-refractivity contribution in [2.75, 3.05) is 19.8 Å². The molecule has 1 rings (SSSR count). The second-order valence-corrected chi connectivity index (χ2v) is 4.80. The van der Waals surface area contributed by atoms with Crippen molar-refractivity contribution in [3.8, 4) is 6.07 Å². The quantitative estimate of drug-likeness (QED) is 0.767. The van der Waals surface area contributed by atoms with Crippen LogP contribution in [0.25, 0.3) is 0 Å². The maximum Gasteiger partial charge on any atom is 0.254 e. The summed E-state index contributed by atoms with van der Waals surface area (Å²) in [5, 5.41) is 9.01. The minimum Gasteiger partial charge on any atom is -0.345 e. The van der Waals surface area contributed by atoms with E-state index in [2.05, 4.69) is 11.9 Å². The number of amides is 1. The summed E-state index contributed by atoms with van der Waals surface area (Å²) in [6, 6.07) is 3.70. The molecular weight excluding hydrogens is 234 g/mol. The maximum absolute atomic E-state index is 12.0. The van der Waals surface area contributed by atoms with E-state index in [1.165, 1.54) is 22.9 Å². The van der Waals surface area contributed by atoms with Crippen LogP contribution >= 0.6 is 11.8 Å². The third-order valence-electron chi connectivity index (χ3n) is 2.10. The van der Waals surface area contributed by atoms with Gasteiger partial charge in [0.05, 0.1) is 10.5 Å². The van der Waals surface area contributed by atoms with Crippen LogP contribution < -0.4 is 0 Å². The number of thioether (sulfide) groups is 1. The number of carbonyl (C=O) groups excluding carboxylic acids is 1. The number of hydrogen-bond donors (Lipinski definition) is 0. The molecule has 1 aromatic rings. The van der Waals surface area contributed by atoms with E-state index >= 15 is 0 Å². The predicted octanol–water partition coefficient (Wildman–Crippen LogP) is 2.16. The lowest BCUT2D eigenvalue weighted by atomic mass is 10.2. The van der Waals surface area contributed by atoms with Crippen LogP contribution in [0.15, 0.2) is 17.2 Å². The van der Waals surface area contributed by atoms with Crippen molar-refractivity contribution in [3.63, 3.8) is 0 Å². The third kappa shape index (κ3) is 3.21. The van der Waals surface area contributed by atoms with Gasteiger partial charge in [-0.3, -0.25) is 4.79 Å². The Hall–Kier alpha value is -1.54. The van der Waals surface area contributed by atoms with Crippen molar-refractivity contribution in [1.82, 2.24) is 9.88 Å². The van der Waals surface area contributed by atoms with Crippen LogP contribution in [0.4, 0.5) is 0 Å². The van der Waals surface area contributed by atoms with Gasteiger partial charge in [-0.05, 0) is 18.2 Å². The first-order valence-electron chi connectivity index (χ1n) is 5.35. The SMILES string of the molecule is CCCSc1c(C(=O)N(C)C)ccnc1C#N. The predicted molar refractivity (Wildman–Crippen MR) is 68.0 cm³/mol. The molecule has 1 amide bonds. The Morgan fingerprint density at radius 3 is 2.82 bits per heavy atom.